The van der Waals surface area contributed by atoms with Crippen LogP contribution in [0.1, 0.15) is 26.7 Å². The minimum atomic E-state index is -0.635. The van der Waals surface area contributed by atoms with E-state index in [2.05, 4.69) is 16.0 Å². The number of amides is 3. The molecule has 1 heterocycles. The van der Waals surface area contributed by atoms with Crippen molar-refractivity contribution in [3.63, 3.8) is 0 Å². The lowest BCUT2D eigenvalue weighted by atomic mass is 10.1. The molecule has 10 heteroatoms. The van der Waals surface area contributed by atoms with Crippen molar-refractivity contribution in [3.05, 3.63) is 156 Å². The number of carbonyl (C=O) groups is 3. The number of anilines is 2. The van der Waals surface area contributed by atoms with Crippen molar-refractivity contribution >= 4 is 46.9 Å². The van der Waals surface area contributed by atoms with E-state index in [1.54, 1.807) is 66.7 Å². The molecule has 0 aliphatic carbocycles. The number of hydrogen-bond acceptors (Lipinski definition) is 6. The molecule has 6 rings (SSSR count). The molecule has 3 N–H and O–H groups in total. The first-order chi connectivity index (χ1) is 23.4. The summed E-state index contributed by atoms with van der Waals surface area (Å²) >= 11 is 1.32. The lowest BCUT2D eigenvalue weighted by molar-refractivity contribution is -0.116. The number of nitrogens with one attached hydrogen (secondary N) is 3. The van der Waals surface area contributed by atoms with Crippen molar-refractivity contribution in [2.45, 2.75) is 10.1 Å². The Labute approximate surface area is 281 Å². The summed E-state index contributed by atoms with van der Waals surface area (Å²) < 4.78 is 24.8. The minimum Gasteiger partial charge on any atom is -0.486 e. The molecule has 0 bridgehead atoms. The third-order valence-electron chi connectivity index (χ3n) is 7.21. The third kappa shape index (κ3) is 8.28. The lowest BCUT2D eigenvalue weighted by Crippen LogP contribution is -2.30. The highest BCUT2D eigenvalue weighted by atomic mass is 32.2. The quantitative estimate of drug-likeness (QED) is 0.106. The fraction of sp³-hybridized carbons (Fsp3) is 0.0789. The Kier molecular flexibility index (Phi) is 10.1. The first kappa shape index (κ1) is 32.1. The van der Waals surface area contributed by atoms with Crippen molar-refractivity contribution in [3.8, 4) is 11.5 Å². The van der Waals surface area contributed by atoms with Gasteiger partial charge in [0.15, 0.2) is 11.5 Å². The van der Waals surface area contributed by atoms with E-state index in [0.29, 0.717) is 47.2 Å². The van der Waals surface area contributed by atoms with E-state index < -0.39 is 22.9 Å². The highest BCUT2D eigenvalue weighted by Gasteiger charge is 2.24. The average Bonchev–Trinajstić information content (AvgIpc) is 3.12. The molecule has 48 heavy (non-hydrogen) atoms. The lowest BCUT2D eigenvalue weighted by Gasteiger charge is -2.20. The van der Waals surface area contributed by atoms with Crippen LogP contribution < -0.4 is 25.4 Å². The molecule has 0 aromatic heterocycles. The van der Waals surface area contributed by atoms with E-state index in [4.69, 9.17) is 9.47 Å². The monoisotopic (exact) mass is 659 g/mol. The van der Waals surface area contributed by atoms with Crippen molar-refractivity contribution in [2.24, 2.45) is 0 Å². The van der Waals surface area contributed by atoms with Crippen molar-refractivity contribution in [2.75, 3.05) is 23.8 Å². The highest BCUT2D eigenvalue weighted by molar-refractivity contribution is 8.00. The maximum Gasteiger partial charge on any atom is 0.272 e. The molecule has 1 unspecified atom stereocenters. The summed E-state index contributed by atoms with van der Waals surface area (Å²) in [5, 5.41) is 7.89. The predicted molar refractivity (Wildman–Crippen MR) is 184 cm³/mol. The van der Waals surface area contributed by atoms with Crippen LogP contribution in [0.2, 0.25) is 0 Å². The molecular weight excluding hydrogens is 629 g/mol. The molecule has 240 valence electrons. The van der Waals surface area contributed by atoms with E-state index in [0.717, 1.165) is 10.5 Å². The summed E-state index contributed by atoms with van der Waals surface area (Å²) in [5.41, 5.74) is 2.67. The predicted octanol–water partition coefficient (Wildman–Crippen LogP) is 7.48. The number of carbonyl (C=O) groups excluding carboxylic acids is 3. The number of hydrogen-bond donors (Lipinski definition) is 3. The van der Waals surface area contributed by atoms with Gasteiger partial charge in [0.05, 0.1) is 0 Å². The standard InChI is InChI=1S/C38H30FN3O5S/c39-28-16-14-25(15-17-28)22-32(42-36(43)27-10-5-2-6-11-27)37(44)40-29-12-7-13-31(23-29)48-35(26-8-3-1-4-9-26)38(45)41-30-18-19-33-34(24-30)47-21-20-46-33/h1-19,22-24,35H,20-21H2,(H,40,44)(H,41,45)(H,42,43)/b32-22-. The zero-order valence-corrected chi connectivity index (χ0v) is 26.3. The van der Waals surface area contributed by atoms with Crippen molar-refractivity contribution < 1.29 is 28.2 Å². The van der Waals surface area contributed by atoms with Crippen LogP contribution in [-0.4, -0.2) is 30.9 Å². The largest absolute Gasteiger partial charge is 0.486 e. The Morgan fingerprint density at radius 3 is 2.15 bits per heavy atom. The molecule has 3 amide bonds. The maximum absolute atomic E-state index is 13.7. The second-order valence-corrected chi connectivity index (χ2v) is 11.8. The van der Waals surface area contributed by atoms with Gasteiger partial charge in [0, 0.05) is 27.9 Å². The van der Waals surface area contributed by atoms with E-state index in [9.17, 15) is 18.8 Å². The normalized spacial score (nSPS) is 12.8. The second kappa shape index (κ2) is 15.1. The number of thioether (sulfide) groups is 1. The SMILES string of the molecule is O=C(Nc1cccc(SC(C(=O)Nc2ccc3c(c2)OCCO3)c2ccccc2)c1)/C(=C/c1ccc(F)cc1)NC(=O)c1ccccc1. The van der Waals surface area contributed by atoms with Gasteiger partial charge in [-0.15, -0.1) is 11.8 Å². The second-order valence-electron chi connectivity index (χ2n) is 10.7. The van der Waals surface area contributed by atoms with Crippen LogP contribution in [0.5, 0.6) is 11.5 Å². The van der Waals surface area contributed by atoms with Gasteiger partial charge in [-0.05, 0) is 71.8 Å². The molecule has 8 nitrogen and oxygen atoms in total. The highest BCUT2D eigenvalue weighted by Crippen LogP contribution is 2.38. The van der Waals surface area contributed by atoms with Crippen molar-refractivity contribution in [1.29, 1.82) is 0 Å². The topological polar surface area (TPSA) is 106 Å². The Hall–Kier alpha value is -5.87. The van der Waals surface area contributed by atoms with E-state index >= 15 is 0 Å². The van der Waals surface area contributed by atoms with Gasteiger partial charge in [-0.25, -0.2) is 4.39 Å². The summed E-state index contributed by atoms with van der Waals surface area (Å²) in [6.07, 6.45) is 1.47. The summed E-state index contributed by atoms with van der Waals surface area (Å²) in [6.45, 7) is 0.905. The molecule has 5 aromatic carbocycles. The third-order valence-corrected chi connectivity index (χ3v) is 8.45. The molecule has 0 fully saturated rings. The fourth-order valence-electron chi connectivity index (χ4n) is 4.88. The van der Waals surface area contributed by atoms with Gasteiger partial charge in [0.25, 0.3) is 11.8 Å². The Balaban J connectivity index is 1.21. The van der Waals surface area contributed by atoms with Crippen LogP contribution in [0.15, 0.2) is 138 Å². The van der Waals surface area contributed by atoms with Crippen LogP contribution >= 0.6 is 11.8 Å². The first-order valence-corrected chi connectivity index (χ1v) is 16.0. The van der Waals surface area contributed by atoms with Crippen LogP contribution in [0, 0.1) is 5.82 Å². The Morgan fingerprint density at radius 2 is 1.40 bits per heavy atom. The molecule has 0 saturated carbocycles. The molecular formula is C38H30FN3O5S. The van der Waals surface area contributed by atoms with Gasteiger partial charge in [-0.3, -0.25) is 14.4 Å². The zero-order chi connectivity index (χ0) is 33.3. The summed E-state index contributed by atoms with van der Waals surface area (Å²) in [4.78, 5) is 41.0. The van der Waals surface area contributed by atoms with Crippen molar-refractivity contribution in [1.82, 2.24) is 5.32 Å². The summed E-state index contributed by atoms with van der Waals surface area (Å²) in [6, 6.07) is 35.8. The van der Waals surface area contributed by atoms with Crippen LogP contribution in [0.3, 0.4) is 0 Å². The van der Waals surface area contributed by atoms with E-state index in [-0.39, 0.29) is 11.6 Å². The van der Waals surface area contributed by atoms with Gasteiger partial charge in [0.1, 0.15) is 30.0 Å². The average molecular weight is 660 g/mol. The molecule has 0 saturated heterocycles. The number of rotatable bonds is 10. The maximum atomic E-state index is 13.7. The molecule has 1 aliphatic rings. The Bertz CT molecular complexity index is 1950. The summed E-state index contributed by atoms with van der Waals surface area (Å²) in [7, 11) is 0. The van der Waals surface area contributed by atoms with Crippen LogP contribution in [-0.2, 0) is 9.59 Å². The number of fused-ring (bicyclic) bond motifs is 1. The molecule has 0 radical (unpaired) electrons. The zero-order valence-electron chi connectivity index (χ0n) is 25.5. The Morgan fingerprint density at radius 1 is 0.708 bits per heavy atom. The first-order valence-electron chi connectivity index (χ1n) is 15.1. The summed E-state index contributed by atoms with van der Waals surface area (Å²) in [5.74, 6) is -0.526. The van der Waals surface area contributed by atoms with Gasteiger partial charge in [0.2, 0.25) is 5.91 Å². The molecule has 1 atom stereocenters. The van der Waals surface area contributed by atoms with Crippen LogP contribution in [0.4, 0.5) is 15.8 Å². The fourth-order valence-corrected chi connectivity index (χ4v) is 5.96. The van der Waals surface area contributed by atoms with E-state index in [1.165, 1.54) is 42.1 Å². The van der Waals surface area contributed by atoms with Gasteiger partial charge in [-0.1, -0.05) is 66.7 Å². The van der Waals surface area contributed by atoms with Gasteiger partial charge < -0.3 is 25.4 Å². The molecule has 5 aromatic rings. The smallest absolute Gasteiger partial charge is 0.272 e. The van der Waals surface area contributed by atoms with Gasteiger partial charge in [-0.2, -0.15) is 0 Å². The van der Waals surface area contributed by atoms with Crippen LogP contribution in [0.25, 0.3) is 6.08 Å². The number of halogens is 1. The van der Waals surface area contributed by atoms with Gasteiger partial charge >= 0.3 is 0 Å². The number of benzene rings is 5. The minimum absolute atomic E-state index is 0.0329. The molecule has 1 aliphatic heterocycles. The number of ether oxygens (including phenoxy) is 2. The van der Waals surface area contributed by atoms with E-state index in [1.807, 2.05) is 36.4 Å². The molecule has 0 spiro atoms.